The van der Waals surface area contributed by atoms with Crippen LogP contribution in [0.25, 0.3) is 11.5 Å². The van der Waals surface area contributed by atoms with E-state index < -0.39 is 0 Å². The molecule has 2 aliphatic rings. The minimum atomic E-state index is -0.245. The Balaban J connectivity index is 1.49. The summed E-state index contributed by atoms with van der Waals surface area (Å²) in [6.45, 7) is 6.52. The van der Waals surface area contributed by atoms with Gasteiger partial charge in [0, 0.05) is 41.5 Å². The third-order valence-corrected chi connectivity index (χ3v) is 5.40. The number of hydrogen-bond acceptors (Lipinski definition) is 8. The molecule has 0 spiro atoms. The third kappa shape index (κ3) is 3.84. The Hall–Kier alpha value is -3.46. The van der Waals surface area contributed by atoms with Gasteiger partial charge in [-0.1, -0.05) is 6.07 Å². The summed E-state index contributed by atoms with van der Waals surface area (Å²) in [6, 6.07) is 7.67. The van der Waals surface area contributed by atoms with Crippen molar-refractivity contribution in [3.8, 4) is 11.5 Å². The van der Waals surface area contributed by atoms with E-state index in [1.54, 1.807) is 13.1 Å². The summed E-state index contributed by atoms with van der Waals surface area (Å²) in [5.74, 6) is 2.17. The molecule has 9 nitrogen and oxygen atoms in total. The van der Waals surface area contributed by atoms with Crippen LogP contribution in [0, 0.1) is 6.92 Å². The highest BCUT2D eigenvalue weighted by molar-refractivity contribution is 6.05. The minimum Gasteiger partial charge on any atom is -0.290 e. The molecule has 4 heterocycles. The van der Waals surface area contributed by atoms with Gasteiger partial charge in [0.25, 0.3) is 5.91 Å². The van der Waals surface area contributed by atoms with Crippen molar-refractivity contribution < 1.29 is 4.79 Å². The normalized spacial score (nSPS) is 15.3. The monoisotopic (exact) mass is 416 g/mol. The maximum Gasteiger partial charge on any atom is 0.258 e. The lowest BCUT2D eigenvalue weighted by Crippen LogP contribution is -2.38. The quantitative estimate of drug-likeness (QED) is 0.653. The van der Waals surface area contributed by atoms with E-state index in [2.05, 4.69) is 44.5 Å². The highest BCUT2D eigenvalue weighted by atomic mass is 16.1. The molecular weight excluding hydrogens is 392 g/mol. The molecule has 3 aromatic rings. The summed E-state index contributed by atoms with van der Waals surface area (Å²) in [5, 5.41) is 4.90. The molecule has 5 rings (SSSR count). The average Bonchev–Trinajstić information content (AvgIpc) is 3.52. The molecule has 3 aromatic heterocycles. The molecule has 158 valence electrons. The molecule has 1 saturated carbocycles. The maximum absolute atomic E-state index is 13.3. The van der Waals surface area contributed by atoms with Crippen LogP contribution in [-0.2, 0) is 6.54 Å². The van der Waals surface area contributed by atoms with Gasteiger partial charge < -0.3 is 0 Å². The first kappa shape index (κ1) is 19.5. The molecule has 0 saturated heterocycles. The summed E-state index contributed by atoms with van der Waals surface area (Å²) in [7, 11) is 0. The molecule has 0 aromatic carbocycles. The minimum absolute atomic E-state index is 0.211. The molecule has 1 amide bonds. The van der Waals surface area contributed by atoms with Crippen molar-refractivity contribution in [3.05, 3.63) is 53.1 Å². The topological polar surface area (TPSA) is 109 Å². The number of nitrogens with one attached hydrogen (secondary N) is 2. The summed E-state index contributed by atoms with van der Waals surface area (Å²) >= 11 is 0. The first-order valence-electron chi connectivity index (χ1n) is 10.5. The average molecular weight is 416 g/mol. The standard InChI is InChI=1S/C22H24N8O/c1-12(2)30-20-16(11-24-30)15(10-18(27-20)14-7-8-14)21(31)29-22-26-13(3)25-19(28-22)17-6-4-5-9-23-17/h4-6,9-10,12,14,24H,7-8,11H2,1-3H3,(H,25,26,28,29,31). The van der Waals surface area contributed by atoms with E-state index in [0.717, 1.165) is 29.9 Å². The molecular formula is C22H24N8O. The lowest BCUT2D eigenvalue weighted by molar-refractivity contribution is 0.102. The van der Waals surface area contributed by atoms with Gasteiger partial charge in [-0.05, 0) is 51.8 Å². The number of pyridine rings is 2. The highest BCUT2D eigenvalue weighted by Crippen LogP contribution is 2.41. The Morgan fingerprint density at radius 1 is 1.19 bits per heavy atom. The van der Waals surface area contributed by atoms with Crippen molar-refractivity contribution in [2.75, 3.05) is 10.3 Å². The molecule has 0 bridgehead atoms. The Bertz CT molecular complexity index is 1140. The summed E-state index contributed by atoms with van der Waals surface area (Å²) < 4.78 is 0. The Morgan fingerprint density at radius 3 is 2.74 bits per heavy atom. The number of aryl methyl sites for hydroxylation is 1. The fourth-order valence-corrected chi connectivity index (χ4v) is 3.72. The van der Waals surface area contributed by atoms with Crippen LogP contribution in [0.5, 0.6) is 0 Å². The summed E-state index contributed by atoms with van der Waals surface area (Å²) in [5.41, 5.74) is 6.45. The first-order valence-corrected chi connectivity index (χ1v) is 10.5. The number of aromatic nitrogens is 5. The van der Waals surface area contributed by atoms with Crippen LogP contribution in [0.2, 0.25) is 0 Å². The van der Waals surface area contributed by atoms with Gasteiger partial charge >= 0.3 is 0 Å². The van der Waals surface area contributed by atoms with Crippen LogP contribution in [0.3, 0.4) is 0 Å². The van der Waals surface area contributed by atoms with Crippen LogP contribution in [-0.4, -0.2) is 36.9 Å². The number of amides is 1. The van der Waals surface area contributed by atoms with Gasteiger partial charge in [-0.3, -0.25) is 20.1 Å². The number of fused-ring (bicyclic) bond motifs is 1. The van der Waals surface area contributed by atoms with Crippen molar-refractivity contribution in [2.45, 2.75) is 52.1 Å². The van der Waals surface area contributed by atoms with Gasteiger partial charge in [-0.15, -0.1) is 0 Å². The number of carbonyl (C=O) groups excluding carboxylic acids is 1. The Kier molecular flexibility index (Phi) is 4.82. The fourth-order valence-electron chi connectivity index (χ4n) is 3.72. The molecule has 0 unspecified atom stereocenters. The number of nitrogens with zero attached hydrogens (tertiary/aromatic N) is 6. The van der Waals surface area contributed by atoms with E-state index in [4.69, 9.17) is 4.98 Å². The van der Waals surface area contributed by atoms with E-state index in [9.17, 15) is 4.79 Å². The second kappa shape index (κ2) is 7.66. The predicted molar refractivity (Wildman–Crippen MR) is 116 cm³/mol. The smallest absolute Gasteiger partial charge is 0.258 e. The third-order valence-electron chi connectivity index (χ3n) is 5.40. The maximum atomic E-state index is 13.3. The lowest BCUT2D eigenvalue weighted by Gasteiger charge is -2.23. The molecule has 0 radical (unpaired) electrons. The first-order chi connectivity index (χ1) is 15.0. The molecule has 0 atom stereocenters. The van der Waals surface area contributed by atoms with Crippen LogP contribution in [0.15, 0.2) is 30.5 Å². The van der Waals surface area contributed by atoms with Crippen LogP contribution < -0.4 is 15.8 Å². The molecule has 1 aliphatic carbocycles. The van der Waals surface area contributed by atoms with Crippen LogP contribution in [0.4, 0.5) is 11.8 Å². The van der Waals surface area contributed by atoms with E-state index in [1.165, 1.54) is 0 Å². The second-order valence-electron chi connectivity index (χ2n) is 8.17. The van der Waals surface area contributed by atoms with Crippen molar-refractivity contribution in [2.24, 2.45) is 0 Å². The van der Waals surface area contributed by atoms with Gasteiger partial charge in [0.05, 0.1) is 0 Å². The Labute approximate surface area is 180 Å². The van der Waals surface area contributed by atoms with E-state index >= 15 is 0 Å². The Morgan fingerprint density at radius 2 is 2.03 bits per heavy atom. The summed E-state index contributed by atoms with van der Waals surface area (Å²) in [6.07, 6.45) is 3.91. The largest absolute Gasteiger partial charge is 0.290 e. The van der Waals surface area contributed by atoms with Gasteiger partial charge in [0.15, 0.2) is 5.82 Å². The predicted octanol–water partition coefficient (Wildman–Crippen LogP) is 3.00. The number of anilines is 2. The molecule has 1 aliphatic heterocycles. The highest BCUT2D eigenvalue weighted by Gasteiger charge is 2.33. The van der Waals surface area contributed by atoms with Gasteiger partial charge in [-0.2, -0.15) is 9.97 Å². The van der Waals surface area contributed by atoms with E-state index in [-0.39, 0.29) is 17.9 Å². The number of hydrazine groups is 1. The van der Waals surface area contributed by atoms with Gasteiger partial charge in [0.2, 0.25) is 5.95 Å². The second-order valence-corrected chi connectivity index (χ2v) is 8.17. The molecule has 1 fully saturated rings. The van der Waals surface area contributed by atoms with E-state index in [1.807, 2.05) is 29.3 Å². The molecule has 31 heavy (non-hydrogen) atoms. The number of rotatable bonds is 5. The van der Waals surface area contributed by atoms with Crippen molar-refractivity contribution >= 4 is 17.7 Å². The SMILES string of the molecule is Cc1nc(NC(=O)c2cc(C3CC3)nc3c2CNN3C(C)C)nc(-c2ccccn2)n1. The summed E-state index contributed by atoms with van der Waals surface area (Å²) in [4.78, 5) is 35.5. The lowest BCUT2D eigenvalue weighted by atomic mass is 10.1. The zero-order valence-corrected chi connectivity index (χ0v) is 17.8. The molecule has 2 N–H and O–H groups in total. The van der Waals surface area contributed by atoms with Crippen LogP contribution in [0.1, 0.15) is 60.0 Å². The van der Waals surface area contributed by atoms with Crippen molar-refractivity contribution in [3.63, 3.8) is 0 Å². The zero-order valence-electron chi connectivity index (χ0n) is 17.8. The number of carbonyl (C=O) groups is 1. The van der Waals surface area contributed by atoms with Crippen LogP contribution >= 0.6 is 0 Å². The van der Waals surface area contributed by atoms with E-state index in [0.29, 0.717) is 35.4 Å². The van der Waals surface area contributed by atoms with Crippen molar-refractivity contribution in [1.82, 2.24) is 30.3 Å². The van der Waals surface area contributed by atoms with Gasteiger partial charge in [0.1, 0.15) is 17.3 Å². The number of hydrogen-bond donors (Lipinski definition) is 2. The zero-order chi connectivity index (χ0) is 21.5. The fraction of sp³-hybridized carbons (Fsp3) is 0.364. The van der Waals surface area contributed by atoms with Crippen molar-refractivity contribution in [1.29, 1.82) is 0 Å². The van der Waals surface area contributed by atoms with Gasteiger partial charge in [-0.25, -0.2) is 15.4 Å². The molecule has 9 heteroatoms.